The van der Waals surface area contributed by atoms with Crippen molar-refractivity contribution in [3.8, 4) is 11.3 Å². The fourth-order valence-electron chi connectivity index (χ4n) is 1.56. The second-order valence-electron chi connectivity index (χ2n) is 3.48. The van der Waals surface area contributed by atoms with E-state index in [0.29, 0.717) is 16.9 Å². The Kier molecular flexibility index (Phi) is 2.07. The number of halogens is 2. The van der Waals surface area contributed by atoms with E-state index < -0.39 is 11.6 Å². The molecule has 0 bridgehead atoms. The van der Waals surface area contributed by atoms with Gasteiger partial charge in [0.05, 0.1) is 18.1 Å². The third-order valence-electron chi connectivity index (χ3n) is 2.37. The summed E-state index contributed by atoms with van der Waals surface area (Å²) in [5, 5.41) is 6.41. The largest absolute Gasteiger partial charge is 0.259 e. The molecular formula is C11H6F2N4. The Morgan fingerprint density at radius 1 is 1.12 bits per heavy atom. The van der Waals surface area contributed by atoms with Gasteiger partial charge in [-0.2, -0.15) is 5.10 Å². The lowest BCUT2D eigenvalue weighted by Crippen LogP contribution is -1.91. The molecule has 4 nitrogen and oxygen atoms in total. The van der Waals surface area contributed by atoms with Crippen molar-refractivity contribution in [3.05, 3.63) is 42.2 Å². The Balaban J connectivity index is 2.19. The van der Waals surface area contributed by atoms with Crippen LogP contribution in [0.1, 0.15) is 0 Å². The van der Waals surface area contributed by atoms with E-state index in [2.05, 4.69) is 20.2 Å². The van der Waals surface area contributed by atoms with E-state index in [0.717, 1.165) is 6.07 Å². The number of nitrogens with zero attached hydrogens (tertiary/aromatic N) is 3. The normalized spacial score (nSPS) is 10.9. The van der Waals surface area contributed by atoms with E-state index in [1.165, 1.54) is 24.5 Å². The molecule has 17 heavy (non-hydrogen) atoms. The lowest BCUT2D eigenvalue weighted by Gasteiger charge is -2.01. The van der Waals surface area contributed by atoms with Crippen LogP contribution >= 0.6 is 0 Å². The Hall–Kier alpha value is -2.37. The zero-order valence-corrected chi connectivity index (χ0v) is 8.48. The van der Waals surface area contributed by atoms with Gasteiger partial charge in [-0.05, 0) is 12.1 Å². The minimum absolute atomic E-state index is 0.204. The highest BCUT2D eigenvalue weighted by molar-refractivity contribution is 5.72. The first kappa shape index (κ1) is 9.83. The van der Waals surface area contributed by atoms with Crippen molar-refractivity contribution in [2.24, 2.45) is 0 Å². The van der Waals surface area contributed by atoms with Crippen molar-refractivity contribution >= 4 is 11.2 Å². The second kappa shape index (κ2) is 3.58. The van der Waals surface area contributed by atoms with Crippen molar-refractivity contribution < 1.29 is 8.78 Å². The molecule has 0 fully saturated rings. The average molecular weight is 232 g/mol. The molecule has 84 valence electrons. The number of H-pyrrole nitrogens is 1. The van der Waals surface area contributed by atoms with E-state index in [-0.39, 0.29) is 5.56 Å². The number of aromatic nitrogens is 4. The van der Waals surface area contributed by atoms with Crippen LogP contribution in [-0.4, -0.2) is 20.2 Å². The Morgan fingerprint density at radius 3 is 2.82 bits per heavy atom. The zero-order valence-electron chi connectivity index (χ0n) is 8.48. The highest BCUT2D eigenvalue weighted by Gasteiger charge is 2.09. The summed E-state index contributed by atoms with van der Waals surface area (Å²) in [5.41, 5.74) is 1.59. The van der Waals surface area contributed by atoms with Crippen LogP contribution in [0.25, 0.3) is 22.4 Å². The molecule has 3 aromatic rings. The maximum atomic E-state index is 13.5. The van der Waals surface area contributed by atoms with Crippen LogP contribution < -0.4 is 0 Å². The van der Waals surface area contributed by atoms with Crippen LogP contribution in [0.3, 0.4) is 0 Å². The van der Waals surface area contributed by atoms with Gasteiger partial charge in [0.15, 0.2) is 5.65 Å². The fourth-order valence-corrected chi connectivity index (χ4v) is 1.56. The lowest BCUT2D eigenvalue weighted by molar-refractivity contribution is 0.585. The molecule has 2 heterocycles. The Labute approximate surface area is 94.3 Å². The zero-order chi connectivity index (χ0) is 11.8. The molecule has 0 aliphatic heterocycles. The third kappa shape index (κ3) is 1.63. The molecule has 0 saturated heterocycles. The molecule has 0 atom stereocenters. The summed E-state index contributed by atoms with van der Waals surface area (Å²) < 4.78 is 26.3. The number of hydrogen-bond acceptors (Lipinski definition) is 3. The number of aromatic amines is 1. The Morgan fingerprint density at radius 2 is 2.00 bits per heavy atom. The van der Waals surface area contributed by atoms with E-state index in [4.69, 9.17) is 0 Å². The molecule has 0 saturated carbocycles. The van der Waals surface area contributed by atoms with Crippen molar-refractivity contribution in [2.45, 2.75) is 0 Å². The smallest absolute Gasteiger partial charge is 0.174 e. The highest BCUT2D eigenvalue weighted by atomic mass is 19.1. The first-order valence-electron chi connectivity index (χ1n) is 4.85. The minimum Gasteiger partial charge on any atom is -0.259 e. The number of nitrogens with one attached hydrogen (secondary N) is 1. The van der Waals surface area contributed by atoms with Crippen molar-refractivity contribution in [1.29, 1.82) is 0 Å². The van der Waals surface area contributed by atoms with Gasteiger partial charge in [0.25, 0.3) is 0 Å². The predicted molar refractivity (Wildman–Crippen MR) is 57.0 cm³/mol. The number of fused-ring (bicyclic) bond motifs is 1. The first-order valence-corrected chi connectivity index (χ1v) is 4.85. The predicted octanol–water partition coefficient (Wildman–Crippen LogP) is 2.30. The van der Waals surface area contributed by atoms with Crippen LogP contribution in [0.15, 0.2) is 30.6 Å². The van der Waals surface area contributed by atoms with Crippen LogP contribution in [0.4, 0.5) is 8.78 Å². The summed E-state index contributed by atoms with van der Waals surface area (Å²) in [4.78, 5) is 8.22. The first-order chi connectivity index (χ1) is 8.24. The Bertz CT molecular complexity index is 693. The molecule has 0 unspecified atom stereocenters. The topological polar surface area (TPSA) is 54.5 Å². The second-order valence-corrected chi connectivity index (χ2v) is 3.48. The van der Waals surface area contributed by atoms with E-state index in [9.17, 15) is 8.78 Å². The van der Waals surface area contributed by atoms with Crippen molar-refractivity contribution in [1.82, 2.24) is 20.2 Å². The van der Waals surface area contributed by atoms with Gasteiger partial charge in [0.1, 0.15) is 17.2 Å². The molecule has 6 heteroatoms. The summed E-state index contributed by atoms with van der Waals surface area (Å²) in [5.74, 6) is -1.29. The van der Waals surface area contributed by atoms with Gasteiger partial charge in [-0.25, -0.2) is 18.7 Å². The van der Waals surface area contributed by atoms with Crippen molar-refractivity contribution in [3.63, 3.8) is 0 Å². The highest BCUT2D eigenvalue weighted by Crippen LogP contribution is 2.22. The number of rotatable bonds is 1. The quantitative estimate of drug-likeness (QED) is 0.700. The van der Waals surface area contributed by atoms with Gasteiger partial charge in [-0.15, -0.1) is 0 Å². The van der Waals surface area contributed by atoms with Gasteiger partial charge >= 0.3 is 0 Å². The molecule has 0 aliphatic rings. The van der Waals surface area contributed by atoms with Gasteiger partial charge < -0.3 is 0 Å². The number of hydrogen-bond donors (Lipinski definition) is 1. The molecule has 1 aromatic carbocycles. The maximum Gasteiger partial charge on any atom is 0.174 e. The molecular weight excluding hydrogens is 226 g/mol. The maximum absolute atomic E-state index is 13.5. The van der Waals surface area contributed by atoms with Gasteiger partial charge in [0.2, 0.25) is 0 Å². The summed E-state index contributed by atoms with van der Waals surface area (Å²) in [6.07, 6.45) is 2.95. The van der Waals surface area contributed by atoms with E-state index in [1.807, 2.05) is 0 Å². The summed E-state index contributed by atoms with van der Waals surface area (Å²) in [7, 11) is 0. The summed E-state index contributed by atoms with van der Waals surface area (Å²) in [6, 6.07) is 3.32. The summed E-state index contributed by atoms with van der Waals surface area (Å²) >= 11 is 0. The molecule has 3 rings (SSSR count). The average Bonchev–Trinajstić information content (AvgIpc) is 2.75. The lowest BCUT2D eigenvalue weighted by atomic mass is 10.1. The van der Waals surface area contributed by atoms with Crippen LogP contribution in [0, 0.1) is 11.6 Å². The van der Waals surface area contributed by atoms with Crippen LogP contribution in [-0.2, 0) is 0 Å². The molecule has 0 radical (unpaired) electrons. The third-order valence-corrected chi connectivity index (χ3v) is 2.37. The molecule has 1 N–H and O–H groups in total. The standard InChI is InChI=1S/C11H6F2N4/c12-6-1-2-7(8(13)3-6)9-4-14-10-5-15-17-11(10)16-9/h1-5H,(H,15,16,17). The molecule has 2 aromatic heterocycles. The van der Waals surface area contributed by atoms with Gasteiger partial charge in [-0.1, -0.05) is 0 Å². The monoisotopic (exact) mass is 232 g/mol. The fraction of sp³-hybridized carbons (Fsp3) is 0. The van der Waals surface area contributed by atoms with Gasteiger partial charge in [-0.3, -0.25) is 5.10 Å². The molecule has 0 amide bonds. The minimum atomic E-state index is -0.668. The van der Waals surface area contributed by atoms with E-state index >= 15 is 0 Å². The van der Waals surface area contributed by atoms with Crippen LogP contribution in [0.5, 0.6) is 0 Å². The molecule has 0 spiro atoms. The number of benzene rings is 1. The molecule has 0 aliphatic carbocycles. The van der Waals surface area contributed by atoms with E-state index in [1.54, 1.807) is 0 Å². The van der Waals surface area contributed by atoms with Crippen molar-refractivity contribution in [2.75, 3.05) is 0 Å². The van der Waals surface area contributed by atoms with Gasteiger partial charge in [0, 0.05) is 11.6 Å². The summed E-state index contributed by atoms with van der Waals surface area (Å²) in [6.45, 7) is 0. The SMILES string of the molecule is Fc1ccc(-c2cnc3cn[nH]c3n2)c(F)c1. The van der Waals surface area contributed by atoms with Crippen LogP contribution in [0.2, 0.25) is 0 Å².